The molecular weight excluding hydrogens is 477 g/mol. The third-order valence-electron chi connectivity index (χ3n) is 5.61. The Morgan fingerprint density at radius 3 is 2.65 bits per heavy atom. The highest BCUT2D eigenvalue weighted by Gasteiger charge is 2.19. The summed E-state index contributed by atoms with van der Waals surface area (Å²) < 4.78 is 16.4. The predicted octanol–water partition coefficient (Wildman–Crippen LogP) is 2.80. The molecule has 5 rings (SSSR count). The Morgan fingerprint density at radius 2 is 1.86 bits per heavy atom. The first-order valence-corrected chi connectivity index (χ1v) is 11.2. The molecule has 4 heterocycles. The average molecular weight is 498 g/mol. The standard InChI is InChI=1S/C26H20FN7O3/c1-16-13-18(4-5-20(16)27)24-25(34-22(32-24)3-2-9-30-34)19-6-10-28-21(14-19)31-23(35)15-29-26(36)17-7-11-33(37)12-8-17/h2-14H,15H2,1H3,(H2-,28,29,31,35,36,37)/p+1. The Kier molecular flexibility index (Phi) is 6.25. The van der Waals surface area contributed by atoms with Crippen LogP contribution in [0.15, 0.2) is 79.4 Å². The van der Waals surface area contributed by atoms with E-state index in [2.05, 4.69) is 20.7 Å². The number of nitrogens with zero attached hydrogens (tertiary/aromatic N) is 5. The maximum Gasteiger partial charge on any atom is 0.252 e. The first-order chi connectivity index (χ1) is 17.9. The van der Waals surface area contributed by atoms with Crippen LogP contribution in [0.4, 0.5) is 10.2 Å². The van der Waals surface area contributed by atoms with Gasteiger partial charge >= 0.3 is 0 Å². The van der Waals surface area contributed by atoms with E-state index in [1.165, 1.54) is 30.6 Å². The summed E-state index contributed by atoms with van der Waals surface area (Å²) in [6.45, 7) is 1.40. The minimum absolute atomic E-state index is 0.268. The number of rotatable bonds is 6. The predicted molar refractivity (Wildman–Crippen MR) is 131 cm³/mol. The van der Waals surface area contributed by atoms with Crippen molar-refractivity contribution in [3.05, 3.63) is 96.3 Å². The normalized spacial score (nSPS) is 10.9. The molecule has 11 heteroatoms. The Morgan fingerprint density at radius 1 is 1.05 bits per heavy atom. The fourth-order valence-corrected chi connectivity index (χ4v) is 3.81. The van der Waals surface area contributed by atoms with Crippen molar-refractivity contribution in [2.45, 2.75) is 6.92 Å². The third kappa shape index (κ3) is 4.96. The van der Waals surface area contributed by atoms with E-state index in [0.717, 1.165) is 10.3 Å². The van der Waals surface area contributed by atoms with Crippen LogP contribution in [0.1, 0.15) is 15.9 Å². The van der Waals surface area contributed by atoms with Crippen LogP contribution in [-0.2, 0) is 4.79 Å². The number of pyridine rings is 2. The molecule has 10 nitrogen and oxygen atoms in total. The number of fused-ring (bicyclic) bond motifs is 1. The van der Waals surface area contributed by atoms with Gasteiger partial charge in [0.05, 0.1) is 17.8 Å². The van der Waals surface area contributed by atoms with Crippen LogP contribution >= 0.6 is 0 Å². The van der Waals surface area contributed by atoms with Gasteiger partial charge in [0.1, 0.15) is 17.3 Å². The lowest BCUT2D eigenvalue weighted by Gasteiger charge is -2.09. The minimum Gasteiger partial charge on any atom is -0.343 e. The van der Waals surface area contributed by atoms with Crippen molar-refractivity contribution in [2.24, 2.45) is 0 Å². The monoisotopic (exact) mass is 498 g/mol. The lowest BCUT2D eigenvalue weighted by Crippen LogP contribution is -2.34. The zero-order chi connectivity index (χ0) is 25.9. The van der Waals surface area contributed by atoms with E-state index in [-0.39, 0.29) is 18.2 Å². The van der Waals surface area contributed by atoms with Crippen molar-refractivity contribution in [2.75, 3.05) is 11.9 Å². The zero-order valence-corrected chi connectivity index (χ0v) is 19.6. The van der Waals surface area contributed by atoms with Crippen molar-refractivity contribution < 1.29 is 23.9 Å². The summed E-state index contributed by atoms with van der Waals surface area (Å²) >= 11 is 0. The molecule has 0 spiro atoms. The second-order valence-corrected chi connectivity index (χ2v) is 8.19. The molecule has 0 radical (unpaired) electrons. The molecule has 0 aliphatic rings. The summed E-state index contributed by atoms with van der Waals surface area (Å²) in [6.07, 6.45) is 5.79. The minimum atomic E-state index is -0.475. The fourth-order valence-electron chi connectivity index (χ4n) is 3.81. The molecule has 0 atom stereocenters. The highest BCUT2D eigenvalue weighted by Crippen LogP contribution is 2.33. The number of carbonyl (C=O) groups excluding carboxylic acids is 2. The number of aromatic nitrogens is 5. The molecule has 0 fully saturated rings. The second kappa shape index (κ2) is 9.82. The molecule has 2 amide bonds. The number of benzene rings is 1. The molecular formula is C26H21FN7O3+. The molecule has 0 bridgehead atoms. The molecule has 0 unspecified atom stereocenters. The van der Waals surface area contributed by atoms with Crippen LogP contribution in [-0.4, -0.2) is 43.1 Å². The summed E-state index contributed by atoms with van der Waals surface area (Å²) in [4.78, 5) is 33.6. The zero-order valence-electron chi connectivity index (χ0n) is 19.6. The van der Waals surface area contributed by atoms with Crippen molar-refractivity contribution in [3.8, 4) is 22.5 Å². The highest BCUT2D eigenvalue weighted by atomic mass is 19.1. The van der Waals surface area contributed by atoms with E-state index in [1.54, 1.807) is 54.2 Å². The van der Waals surface area contributed by atoms with Gasteiger partial charge in [0.2, 0.25) is 18.3 Å². The maximum absolute atomic E-state index is 13.9. The third-order valence-corrected chi connectivity index (χ3v) is 5.61. The van der Waals surface area contributed by atoms with Crippen LogP contribution in [0.25, 0.3) is 28.2 Å². The lowest BCUT2D eigenvalue weighted by molar-refractivity contribution is -0.904. The number of anilines is 1. The Labute approximate surface area is 210 Å². The quantitative estimate of drug-likeness (QED) is 0.244. The van der Waals surface area contributed by atoms with Crippen LogP contribution in [0, 0.1) is 12.7 Å². The van der Waals surface area contributed by atoms with Crippen molar-refractivity contribution in [1.29, 1.82) is 0 Å². The SMILES string of the molecule is Cc1cc(-c2nc3cccnn3c2-c2ccnc(NC(=O)CNC(=O)c3cc[n+](O)cc3)c2)ccc1F. The molecule has 0 saturated heterocycles. The molecule has 184 valence electrons. The maximum atomic E-state index is 13.9. The van der Waals surface area contributed by atoms with Crippen molar-refractivity contribution in [3.63, 3.8) is 0 Å². The van der Waals surface area contributed by atoms with Crippen LogP contribution in [0.5, 0.6) is 0 Å². The summed E-state index contributed by atoms with van der Waals surface area (Å²) in [7, 11) is 0. The molecule has 0 saturated carbocycles. The van der Waals surface area contributed by atoms with Gasteiger partial charge in [0, 0.05) is 40.4 Å². The topological polar surface area (TPSA) is 125 Å². The number of amides is 2. The molecule has 0 aliphatic heterocycles. The number of halogens is 1. The number of hydrogen-bond donors (Lipinski definition) is 3. The molecule has 0 aliphatic carbocycles. The number of carbonyl (C=O) groups is 2. The lowest BCUT2D eigenvalue weighted by atomic mass is 10.0. The molecule has 1 aromatic carbocycles. The summed E-state index contributed by atoms with van der Waals surface area (Å²) in [5.41, 5.74) is 4.04. The van der Waals surface area contributed by atoms with E-state index in [9.17, 15) is 19.2 Å². The fraction of sp³-hybridized carbons (Fsp3) is 0.0769. The van der Waals surface area contributed by atoms with Crippen molar-refractivity contribution in [1.82, 2.24) is 24.9 Å². The average Bonchev–Trinajstić information content (AvgIpc) is 3.29. The Hall–Kier alpha value is -5.19. The second-order valence-electron chi connectivity index (χ2n) is 8.19. The van der Waals surface area contributed by atoms with Gasteiger partial charge in [0.25, 0.3) is 5.91 Å². The summed E-state index contributed by atoms with van der Waals surface area (Å²) in [6, 6.07) is 14.6. The Balaban J connectivity index is 1.40. The van der Waals surface area contributed by atoms with Crippen LogP contribution in [0.3, 0.4) is 0 Å². The number of aryl methyl sites for hydroxylation is 1. The van der Waals surface area contributed by atoms with Gasteiger partial charge in [-0.3, -0.25) is 14.8 Å². The number of hydrogen-bond acceptors (Lipinski definition) is 6. The molecule has 4 aromatic heterocycles. The first kappa shape index (κ1) is 23.5. The number of nitrogens with one attached hydrogen (secondary N) is 2. The van der Waals surface area contributed by atoms with E-state index in [4.69, 9.17) is 4.98 Å². The van der Waals surface area contributed by atoms with E-state index >= 15 is 0 Å². The molecule has 5 aromatic rings. The highest BCUT2D eigenvalue weighted by molar-refractivity contribution is 5.99. The van der Waals surface area contributed by atoms with Crippen LogP contribution in [0.2, 0.25) is 0 Å². The van der Waals surface area contributed by atoms with Crippen LogP contribution < -0.4 is 15.4 Å². The van der Waals surface area contributed by atoms with Gasteiger partial charge in [-0.1, -0.05) is 0 Å². The van der Waals surface area contributed by atoms with E-state index in [0.29, 0.717) is 33.7 Å². The summed E-state index contributed by atoms with van der Waals surface area (Å²) in [5.74, 6) is -0.979. The molecule has 37 heavy (non-hydrogen) atoms. The van der Waals surface area contributed by atoms with Gasteiger partial charge in [-0.05, 0) is 55.0 Å². The van der Waals surface area contributed by atoms with Gasteiger partial charge in [0.15, 0.2) is 5.65 Å². The summed E-state index contributed by atoms with van der Waals surface area (Å²) in [5, 5.41) is 18.9. The molecule has 3 N–H and O–H groups in total. The Bertz CT molecular complexity index is 1630. The number of imidazole rings is 1. The van der Waals surface area contributed by atoms with Gasteiger partial charge < -0.3 is 10.6 Å². The van der Waals surface area contributed by atoms with Crippen molar-refractivity contribution >= 4 is 23.3 Å². The largest absolute Gasteiger partial charge is 0.343 e. The van der Waals surface area contributed by atoms with E-state index in [1.807, 2.05) is 6.07 Å². The van der Waals surface area contributed by atoms with Gasteiger partial charge in [-0.25, -0.2) is 18.9 Å². The smallest absolute Gasteiger partial charge is 0.252 e. The van der Waals surface area contributed by atoms with Gasteiger partial charge in [-0.15, -0.1) is 0 Å². The van der Waals surface area contributed by atoms with E-state index < -0.39 is 11.8 Å². The first-order valence-electron chi connectivity index (χ1n) is 11.2. The van der Waals surface area contributed by atoms with Gasteiger partial charge in [-0.2, -0.15) is 5.10 Å².